The Morgan fingerprint density at radius 3 is 2.28 bits per heavy atom. The Hall–Kier alpha value is -2.45. The average Bonchev–Trinajstić information content (AvgIpc) is 2.61. The molecule has 2 aromatic carbocycles. The van der Waals surface area contributed by atoms with Gasteiger partial charge in [-0.15, -0.1) is 0 Å². The van der Waals surface area contributed by atoms with E-state index >= 15 is 0 Å². The van der Waals surface area contributed by atoms with E-state index in [9.17, 15) is 13.2 Å². The van der Waals surface area contributed by atoms with Gasteiger partial charge < -0.3 is 9.64 Å². The SMILES string of the molecule is Cc1cccc(N2CCOCC2)c1C#Cc1ccc(C(F)(F)F)cc1. The second-order valence-electron chi connectivity index (χ2n) is 5.89. The van der Waals surface area contributed by atoms with Crippen molar-refractivity contribution in [2.75, 3.05) is 31.2 Å². The number of hydrogen-bond donors (Lipinski definition) is 0. The molecular formula is C20H18F3NO. The summed E-state index contributed by atoms with van der Waals surface area (Å²) in [6.07, 6.45) is -4.33. The summed E-state index contributed by atoms with van der Waals surface area (Å²) in [5.41, 5.74) is 2.89. The van der Waals surface area contributed by atoms with Gasteiger partial charge in [-0.3, -0.25) is 0 Å². The number of aryl methyl sites for hydroxylation is 1. The summed E-state index contributed by atoms with van der Waals surface area (Å²) in [5, 5.41) is 0. The van der Waals surface area contributed by atoms with Crippen LogP contribution >= 0.6 is 0 Å². The summed E-state index contributed by atoms with van der Waals surface area (Å²) in [4.78, 5) is 2.23. The summed E-state index contributed by atoms with van der Waals surface area (Å²) >= 11 is 0. The minimum Gasteiger partial charge on any atom is -0.378 e. The molecule has 0 radical (unpaired) electrons. The zero-order chi connectivity index (χ0) is 17.9. The van der Waals surface area contributed by atoms with Crippen LogP contribution in [0.25, 0.3) is 0 Å². The van der Waals surface area contributed by atoms with E-state index in [-0.39, 0.29) is 0 Å². The predicted molar refractivity (Wildman–Crippen MR) is 91.6 cm³/mol. The molecule has 2 aromatic rings. The Morgan fingerprint density at radius 2 is 1.64 bits per heavy atom. The lowest BCUT2D eigenvalue weighted by Gasteiger charge is -2.30. The molecule has 0 N–H and O–H groups in total. The predicted octanol–water partition coefficient (Wildman–Crippen LogP) is 4.25. The molecule has 0 bridgehead atoms. The van der Waals surface area contributed by atoms with E-state index in [0.29, 0.717) is 18.8 Å². The molecule has 3 rings (SSSR count). The molecule has 5 heteroatoms. The molecule has 0 unspecified atom stereocenters. The Labute approximate surface area is 145 Å². The van der Waals surface area contributed by atoms with Crippen LogP contribution in [0.4, 0.5) is 18.9 Å². The standard InChI is InChI=1S/C20H18F3NO/c1-15-3-2-4-19(24-11-13-25-14-12-24)18(15)10-7-16-5-8-17(9-6-16)20(21,22)23/h2-6,8-9H,11-14H2,1H3. The normalized spacial score (nSPS) is 14.8. The van der Waals surface area contributed by atoms with Crippen molar-refractivity contribution in [3.8, 4) is 11.8 Å². The molecule has 2 nitrogen and oxygen atoms in total. The van der Waals surface area contributed by atoms with Gasteiger partial charge in [0.1, 0.15) is 0 Å². The highest BCUT2D eigenvalue weighted by Gasteiger charge is 2.29. The van der Waals surface area contributed by atoms with Gasteiger partial charge in [-0.05, 0) is 42.8 Å². The molecule has 0 atom stereocenters. The highest BCUT2D eigenvalue weighted by molar-refractivity contribution is 5.65. The number of alkyl halides is 3. The molecule has 1 heterocycles. The lowest BCUT2D eigenvalue weighted by Crippen LogP contribution is -2.36. The molecule has 0 saturated carbocycles. The first-order valence-electron chi connectivity index (χ1n) is 8.07. The molecule has 130 valence electrons. The number of benzene rings is 2. The van der Waals surface area contributed by atoms with Crippen molar-refractivity contribution < 1.29 is 17.9 Å². The van der Waals surface area contributed by atoms with Gasteiger partial charge >= 0.3 is 6.18 Å². The van der Waals surface area contributed by atoms with E-state index in [1.165, 1.54) is 12.1 Å². The van der Waals surface area contributed by atoms with Gasteiger partial charge in [0.05, 0.1) is 30.0 Å². The number of morpholine rings is 1. The first-order chi connectivity index (χ1) is 11.9. The number of ether oxygens (including phenoxy) is 1. The first-order valence-corrected chi connectivity index (χ1v) is 8.07. The van der Waals surface area contributed by atoms with Crippen LogP contribution in [0.2, 0.25) is 0 Å². The molecule has 0 amide bonds. The molecule has 1 aliphatic rings. The summed E-state index contributed by atoms with van der Waals surface area (Å²) in [6, 6.07) is 10.9. The summed E-state index contributed by atoms with van der Waals surface area (Å²) in [6.45, 7) is 4.96. The summed E-state index contributed by atoms with van der Waals surface area (Å²) < 4.78 is 43.3. The fourth-order valence-corrected chi connectivity index (χ4v) is 2.76. The van der Waals surface area contributed by atoms with Crippen molar-refractivity contribution in [2.24, 2.45) is 0 Å². The van der Waals surface area contributed by atoms with E-state index < -0.39 is 11.7 Å². The number of nitrogens with zero attached hydrogens (tertiary/aromatic N) is 1. The molecule has 25 heavy (non-hydrogen) atoms. The number of hydrogen-bond acceptors (Lipinski definition) is 2. The van der Waals surface area contributed by atoms with Gasteiger partial charge in [-0.1, -0.05) is 24.0 Å². The maximum atomic E-state index is 12.6. The Morgan fingerprint density at radius 1 is 0.960 bits per heavy atom. The van der Waals surface area contributed by atoms with Crippen LogP contribution in [0.5, 0.6) is 0 Å². The largest absolute Gasteiger partial charge is 0.416 e. The fourth-order valence-electron chi connectivity index (χ4n) is 2.76. The smallest absolute Gasteiger partial charge is 0.378 e. The summed E-state index contributed by atoms with van der Waals surface area (Å²) in [5.74, 6) is 6.12. The maximum Gasteiger partial charge on any atom is 0.416 e. The second kappa shape index (κ2) is 7.20. The summed E-state index contributed by atoms with van der Waals surface area (Å²) in [7, 11) is 0. The van der Waals surface area contributed by atoms with E-state index in [4.69, 9.17) is 4.74 Å². The van der Waals surface area contributed by atoms with Gasteiger partial charge in [-0.2, -0.15) is 13.2 Å². The van der Waals surface area contributed by atoms with E-state index in [0.717, 1.165) is 42.0 Å². The van der Waals surface area contributed by atoms with Gasteiger partial charge in [0.2, 0.25) is 0 Å². The van der Waals surface area contributed by atoms with Crippen molar-refractivity contribution in [1.82, 2.24) is 0 Å². The highest BCUT2D eigenvalue weighted by Crippen LogP contribution is 2.29. The minimum absolute atomic E-state index is 0.559. The number of rotatable bonds is 1. The lowest BCUT2D eigenvalue weighted by molar-refractivity contribution is -0.137. The van der Waals surface area contributed by atoms with Gasteiger partial charge in [0.15, 0.2) is 0 Å². The van der Waals surface area contributed by atoms with Gasteiger partial charge in [0.25, 0.3) is 0 Å². The quantitative estimate of drug-likeness (QED) is 0.717. The molecule has 0 spiro atoms. The highest BCUT2D eigenvalue weighted by atomic mass is 19.4. The lowest BCUT2D eigenvalue weighted by atomic mass is 10.0. The van der Waals surface area contributed by atoms with Crippen LogP contribution in [-0.4, -0.2) is 26.3 Å². The Bertz CT molecular complexity index is 794. The molecular weight excluding hydrogens is 327 g/mol. The topological polar surface area (TPSA) is 12.5 Å². The molecule has 0 aromatic heterocycles. The van der Waals surface area contributed by atoms with E-state index in [1.54, 1.807) is 0 Å². The van der Waals surface area contributed by atoms with Crippen molar-refractivity contribution in [3.05, 3.63) is 64.7 Å². The average molecular weight is 345 g/mol. The monoisotopic (exact) mass is 345 g/mol. The van der Waals surface area contributed by atoms with Crippen LogP contribution in [-0.2, 0) is 10.9 Å². The van der Waals surface area contributed by atoms with E-state index in [1.807, 2.05) is 25.1 Å². The van der Waals surface area contributed by atoms with Crippen molar-refractivity contribution in [3.63, 3.8) is 0 Å². The third-order valence-electron chi connectivity index (χ3n) is 4.15. The number of halogens is 3. The van der Waals surface area contributed by atoms with Crippen molar-refractivity contribution in [2.45, 2.75) is 13.1 Å². The zero-order valence-electron chi connectivity index (χ0n) is 13.9. The van der Waals surface area contributed by atoms with Crippen LogP contribution < -0.4 is 4.90 Å². The Balaban J connectivity index is 1.89. The maximum absolute atomic E-state index is 12.6. The third kappa shape index (κ3) is 4.15. The minimum atomic E-state index is -4.33. The second-order valence-corrected chi connectivity index (χ2v) is 5.89. The number of anilines is 1. The molecule has 1 saturated heterocycles. The van der Waals surface area contributed by atoms with Crippen LogP contribution in [0.1, 0.15) is 22.3 Å². The van der Waals surface area contributed by atoms with E-state index in [2.05, 4.69) is 16.7 Å². The van der Waals surface area contributed by atoms with Crippen LogP contribution in [0.3, 0.4) is 0 Å². The third-order valence-corrected chi connectivity index (χ3v) is 4.15. The first kappa shape index (κ1) is 17.4. The molecule has 1 aliphatic heterocycles. The zero-order valence-corrected chi connectivity index (χ0v) is 13.9. The van der Waals surface area contributed by atoms with Gasteiger partial charge in [-0.25, -0.2) is 0 Å². The van der Waals surface area contributed by atoms with Crippen molar-refractivity contribution in [1.29, 1.82) is 0 Å². The molecule has 1 fully saturated rings. The van der Waals surface area contributed by atoms with Crippen molar-refractivity contribution >= 4 is 5.69 Å². The molecule has 0 aliphatic carbocycles. The fraction of sp³-hybridized carbons (Fsp3) is 0.300. The van der Waals surface area contributed by atoms with Crippen LogP contribution in [0, 0.1) is 18.8 Å². The van der Waals surface area contributed by atoms with Crippen LogP contribution in [0.15, 0.2) is 42.5 Å². The Kier molecular flexibility index (Phi) is 5.00. The van der Waals surface area contributed by atoms with Gasteiger partial charge in [0, 0.05) is 18.7 Å².